The Hall–Kier alpha value is -1.57. The second-order valence-corrected chi connectivity index (χ2v) is 6.93. The van der Waals surface area contributed by atoms with E-state index in [1.54, 1.807) is 24.3 Å². The van der Waals surface area contributed by atoms with Crippen LogP contribution in [0.2, 0.25) is 5.02 Å². The van der Waals surface area contributed by atoms with Crippen molar-refractivity contribution >= 4 is 55.6 Å². The lowest BCUT2D eigenvalue weighted by molar-refractivity contribution is -0.123. The summed E-state index contributed by atoms with van der Waals surface area (Å²) in [6.07, 6.45) is 1.42. The highest BCUT2D eigenvalue weighted by molar-refractivity contribution is 9.11. The topological polar surface area (TPSA) is 70.9 Å². The van der Waals surface area contributed by atoms with Crippen LogP contribution in [0.25, 0.3) is 0 Å². The fourth-order valence-electron chi connectivity index (χ4n) is 1.71. The number of aromatic hydroxyl groups is 1. The van der Waals surface area contributed by atoms with Gasteiger partial charge in [0.25, 0.3) is 5.91 Å². The molecule has 0 atom stereocenters. The third-order valence-corrected chi connectivity index (χ3v) is 4.70. The maximum absolute atomic E-state index is 11.7. The van der Waals surface area contributed by atoms with Crippen LogP contribution in [-0.2, 0) is 4.79 Å². The first kappa shape index (κ1) is 18.8. The van der Waals surface area contributed by atoms with E-state index in [0.29, 0.717) is 20.8 Å². The standard InChI is InChI=1S/C16H13Br2ClN2O3/c1-9-4-11(2-3-14(9)19)24-8-16(23)21-20-7-10-5-15(22)13(18)6-12(10)17/h2-7,22H,8H2,1H3,(H,21,23). The molecule has 0 heterocycles. The molecule has 0 spiro atoms. The minimum absolute atomic E-state index is 0.0763. The Morgan fingerprint density at radius 1 is 1.33 bits per heavy atom. The van der Waals surface area contributed by atoms with Gasteiger partial charge in [-0.3, -0.25) is 4.79 Å². The summed E-state index contributed by atoms with van der Waals surface area (Å²) in [5.74, 6) is 0.223. The third-order valence-electron chi connectivity index (χ3n) is 2.96. The molecule has 126 valence electrons. The van der Waals surface area contributed by atoms with Gasteiger partial charge >= 0.3 is 0 Å². The van der Waals surface area contributed by atoms with Gasteiger partial charge in [-0.1, -0.05) is 27.5 Å². The fraction of sp³-hybridized carbons (Fsp3) is 0.125. The molecule has 5 nitrogen and oxygen atoms in total. The Morgan fingerprint density at radius 3 is 2.79 bits per heavy atom. The van der Waals surface area contributed by atoms with Gasteiger partial charge < -0.3 is 9.84 Å². The summed E-state index contributed by atoms with van der Waals surface area (Å²) in [6, 6.07) is 8.34. The Morgan fingerprint density at radius 2 is 2.08 bits per heavy atom. The van der Waals surface area contributed by atoms with Gasteiger partial charge in [0, 0.05) is 15.1 Å². The van der Waals surface area contributed by atoms with Gasteiger partial charge in [-0.25, -0.2) is 5.43 Å². The quantitative estimate of drug-likeness (QED) is 0.496. The predicted octanol–water partition coefficient (Wildman–Crippen LogP) is 4.41. The van der Waals surface area contributed by atoms with E-state index in [0.717, 1.165) is 10.0 Å². The summed E-state index contributed by atoms with van der Waals surface area (Å²) in [4.78, 5) is 11.7. The van der Waals surface area contributed by atoms with Gasteiger partial charge in [0.05, 0.1) is 10.7 Å². The fourth-order valence-corrected chi connectivity index (χ4v) is 2.93. The Kier molecular flexibility index (Phi) is 6.65. The molecule has 8 heteroatoms. The highest BCUT2D eigenvalue weighted by Gasteiger charge is 2.05. The van der Waals surface area contributed by atoms with Gasteiger partial charge in [0.2, 0.25) is 0 Å². The van der Waals surface area contributed by atoms with Crippen molar-refractivity contribution in [3.05, 3.63) is 55.4 Å². The van der Waals surface area contributed by atoms with E-state index >= 15 is 0 Å². The van der Waals surface area contributed by atoms with Crippen LogP contribution in [0.5, 0.6) is 11.5 Å². The lowest BCUT2D eigenvalue weighted by Gasteiger charge is -2.06. The van der Waals surface area contributed by atoms with E-state index in [2.05, 4.69) is 42.4 Å². The van der Waals surface area contributed by atoms with Crippen LogP contribution in [0.4, 0.5) is 0 Å². The zero-order valence-corrected chi connectivity index (χ0v) is 16.4. The van der Waals surface area contributed by atoms with E-state index in [1.165, 1.54) is 12.3 Å². The molecule has 0 unspecified atom stereocenters. The van der Waals surface area contributed by atoms with Crippen molar-refractivity contribution in [1.29, 1.82) is 0 Å². The van der Waals surface area contributed by atoms with Crippen LogP contribution < -0.4 is 10.2 Å². The number of hydrogen-bond acceptors (Lipinski definition) is 4. The number of halogens is 3. The Labute approximate surface area is 160 Å². The number of ether oxygens (including phenoxy) is 1. The Balaban J connectivity index is 1.89. The molecule has 24 heavy (non-hydrogen) atoms. The lowest BCUT2D eigenvalue weighted by atomic mass is 10.2. The largest absolute Gasteiger partial charge is 0.507 e. The molecule has 1 amide bonds. The van der Waals surface area contributed by atoms with Crippen LogP contribution in [0.3, 0.4) is 0 Å². The number of nitrogens with one attached hydrogen (secondary N) is 1. The highest BCUT2D eigenvalue weighted by atomic mass is 79.9. The van der Waals surface area contributed by atoms with Crippen LogP contribution in [0.15, 0.2) is 44.4 Å². The van der Waals surface area contributed by atoms with Crippen molar-refractivity contribution in [2.45, 2.75) is 6.92 Å². The SMILES string of the molecule is Cc1cc(OCC(=O)NN=Cc2cc(O)c(Br)cc2Br)ccc1Cl. The predicted molar refractivity (Wildman–Crippen MR) is 101 cm³/mol. The number of benzene rings is 2. The summed E-state index contributed by atoms with van der Waals surface area (Å²) in [7, 11) is 0. The zero-order valence-electron chi connectivity index (χ0n) is 12.5. The molecule has 0 saturated heterocycles. The first-order valence-electron chi connectivity index (χ1n) is 6.75. The molecule has 0 aromatic heterocycles. The summed E-state index contributed by atoms with van der Waals surface area (Å²) in [5, 5.41) is 14.1. The second-order valence-electron chi connectivity index (χ2n) is 4.82. The number of phenolic OH excluding ortho intramolecular Hbond substituents is 1. The summed E-state index contributed by atoms with van der Waals surface area (Å²) >= 11 is 12.5. The monoisotopic (exact) mass is 474 g/mol. The average molecular weight is 477 g/mol. The van der Waals surface area contributed by atoms with Gasteiger partial charge in [0.1, 0.15) is 11.5 Å². The van der Waals surface area contributed by atoms with E-state index < -0.39 is 5.91 Å². The number of aryl methyl sites for hydroxylation is 1. The van der Waals surface area contributed by atoms with E-state index in [1.807, 2.05) is 6.92 Å². The smallest absolute Gasteiger partial charge is 0.277 e. The minimum Gasteiger partial charge on any atom is -0.507 e. The summed E-state index contributed by atoms with van der Waals surface area (Å²) in [6.45, 7) is 1.68. The molecule has 2 aromatic rings. The molecule has 0 aliphatic heterocycles. The molecular formula is C16H13Br2ClN2O3. The summed E-state index contributed by atoms with van der Waals surface area (Å²) in [5.41, 5.74) is 3.84. The molecule has 0 saturated carbocycles. The molecule has 0 radical (unpaired) electrons. The number of phenols is 1. The minimum atomic E-state index is -0.406. The maximum atomic E-state index is 11.7. The number of carbonyl (C=O) groups excluding carboxylic acids is 1. The zero-order chi connectivity index (χ0) is 17.7. The van der Waals surface area contributed by atoms with Crippen LogP contribution in [-0.4, -0.2) is 23.8 Å². The van der Waals surface area contributed by atoms with Crippen LogP contribution in [0, 0.1) is 6.92 Å². The normalized spacial score (nSPS) is 10.8. The van der Waals surface area contributed by atoms with Gasteiger partial charge in [0.15, 0.2) is 6.61 Å². The van der Waals surface area contributed by atoms with Gasteiger partial charge in [-0.2, -0.15) is 5.10 Å². The lowest BCUT2D eigenvalue weighted by Crippen LogP contribution is -2.24. The number of amides is 1. The van der Waals surface area contributed by atoms with Crippen molar-refractivity contribution in [3.63, 3.8) is 0 Å². The molecular weight excluding hydrogens is 463 g/mol. The van der Waals surface area contributed by atoms with Crippen molar-refractivity contribution in [1.82, 2.24) is 5.43 Å². The average Bonchev–Trinajstić information content (AvgIpc) is 2.53. The molecule has 2 N–H and O–H groups in total. The first-order chi connectivity index (χ1) is 11.4. The van der Waals surface area contributed by atoms with Crippen molar-refractivity contribution in [2.75, 3.05) is 6.61 Å². The first-order valence-corrected chi connectivity index (χ1v) is 8.72. The molecule has 0 aliphatic rings. The maximum Gasteiger partial charge on any atom is 0.277 e. The number of hydrogen-bond donors (Lipinski definition) is 2. The number of rotatable bonds is 5. The summed E-state index contributed by atoms with van der Waals surface area (Å²) < 4.78 is 6.64. The van der Waals surface area contributed by atoms with Crippen molar-refractivity contribution in [3.8, 4) is 11.5 Å². The highest BCUT2D eigenvalue weighted by Crippen LogP contribution is 2.29. The number of hydrazone groups is 1. The molecule has 2 aromatic carbocycles. The number of nitrogens with zero attached hydrogens (tertiary/aromatic N) is 1. The molecule has 0 fully saturated rings. The van der Waals surface area contributed by atoms with Gasteiger partial charge in [-0.15, -0.1) is 0 Å². The van der Waals surface area contributed by atoms with Crippen molar-refractivity contribution in [2.24, 2.45) is 5.10 Å². The van der Waals surface area contributed by atoms with Crippen molar-refractivity contribution < 1.29 is 14.6 Å². The number of carbonyl (C=O) groups is 1. The molecule has 2 rings (SSSR count). The van der Waals surface area contributed by atoms with Gasteiger partial charge in [-0.05, 0) is 58.7 Å². The van der Waals surface area contributed by atoms with E-state index in [9.17, 15) is 9.90 Å². The van der Waals surface area contributed by atoms with E-state index in [-0.39, 0.29) is 12.4 Å². The molecule has 0 aliphatic carbocycles. The van der Waals surface area contributed by atoms with E-state index in [4.69, 9.17) is 16.3 Å². The molecule has 0 bridgehead atoms. The third kappa shape index (κ3) is 5.22. The second kappa shape index (κ2) is 8.50. The van der Waals surface area contributed by atoms with Crippen LogP contribution >= 0.6 is 43.5 Å². The van der Waals surface area contributed by atoms with Crippen LogP contribution in [0.1, 0.15) is 11.1 Å². The Bertz CT molecular complexity index is 797.